The molecule has 0 aliphatic rings. The molecule has 0 fully saturated rings. The first kappa shape index (κ1) is 14.8. The van der Waals surface area contributed by atoms with Crippen LogP contribution in [0.1, 0.15) is 38.7 Å². The van der Waals surface area contributed by atoms with Crippen molar-refractivity contribution in [1.29, 1.82) is 0 Å². The van der Waals surface area contributed by atoms with Crippen LogP contribution in [0.15, 0.2) is 35.4 Å². The van der Waals surface area contributed by atoms with Crippen molar-refractivity contribution < 1.29 is 9.53 Å². The molecule has 0 atom stereocenters. The highest BCUT2D eigenvalue weighted by Gasteiger charge is 2.17. The highest BCUT2D eigenvalue weighted by Crippen LogP contribution is 2.26. The minimum Gasteiger partial charge on any atom is -0.462 e. The van der Waals surface area contributed by atoms with Crippen molar-refractivity contribution in [2.75, 3.05) is 6.61 Å². The van der Waals surface area contributed by atoms with Crippen LogP contribution in [0.4, 0.5) is 0 Å². The number of unbranched alkanes of at least 4 members (excludes halogenated alkanes) is 1. The van der Waals surface area contributed by atoms with Gasteiger partial charge in [0.1, 0.15) is 0 Å². The Kier molecular flexibility index (Phi) is 6.51. The monoisotopic (exact) mass is 266 g/mol. The quantitative estimate of drug-likeness (QED) is 0.564. The Morgan fingerprint density at radius 1 is 1.22 bits per heavy atom. The van der Waals surface area contributed by atoms with E-state index in [0.717, 1.165) is 18.4 Å². The zero-order valence-electron chi connectivity index (χ0n) is 10.9. The SMILES string of the molecule is CCCC/C(Cl)=C(\C(=O)OCC)c1ccccc1. The Labute approximate surface area is 114 Å². The van der Waals surface area contributed by atoms with E-state index in [9.17, 15) is 4.79 Å². The molecule has 1 rings (SSSR count). The molecule has 0 saturated carbocycles. The number of carbonyl (C=O) groups is 1. The molecule has 0 bridgehead atoms. The molecule has 0 N–H and O–H groups in total. The second-order valence-electron chi connectivity index (χ2n) is 3.97. The molecule has 0 unspecified atom stereocenters. The van der Waals surface area contributed by atoms with Gasteiger partial charge in [0.15, 0.2) is 0 Å². The van der Waals surface area contributed by atoms with Crippen molar-refractivity contribution in [2.24, 2.45) is 0 Å². The van der Waals surface area contributed by atoms with E-state index < -0.39 is 0 Å². The molecule has 0 amide bonds. The van der Waals surface area contributed by atoms with E-state index in [2.05, 4.69) is 6.92 Å². The minimum atomic E-state index is -0.343. The Balaban J connectivity index is 3.06. The Bertz CT molecular complexity index is 410. The van der Waals surface area contributed by atoms with E-state index in [1.807, 2.05) is 30.3 Å². The smallest absolute Gasteiger partial charge is 0.339 e. The topological polar surface area (TPSA) is 26.3 Å². The summed E-state index contributed by atoms with van der Waals surface area (Å²) in [5.41, 5.74) is 1.31. The fourth-order valence-corrected chi connectivity index (χ4v) is 1.97. The van der Waals surface area contributed by atoms with E-state index >= 15 is 0 Å². The third-order valence-corrected chi connectivity index (χ3v) is 2.94. The average Bonchev–Trinajstić information content (AvgIpc) is 2.38. The van der Waals surface area contributed by atoms with Crippen LogP contribution in [-0.2, 0) is 9.53 Å². The third-order valence-electron chi connectivity index (χ3n) is 2.56. The lowest BCUT2D eigenvalue weighted by Gasteiger charge is -2.10. The number of hydrogen-bond acceptors (Lipinski definition) is 2. The summed E-state index contributed by atoms with van der Waals surface area (Å²) in [6.07, 6.45) is 2.72. The maximum Gasteiger partial charge on any atom is 0.339 e. The molecule has 1 aromatic carbocycles. The maximum absolute atomic E-state index is 12.0. The largest absolute Gasteiger partial charge is 0.462 e. The van der Waals surface area contributed by atoms with Crippen molar-refractivity contribution in [3.8, 4) is 0 Å². The van der Waals surface area contributed by atoms with Gasteiger partial charge in [0, 0.05) is 5.03 Å². The Morgan fingerprint density at radius 3 is 2.44 bits per heavy atom. The molecule has 1 aromatic rings. The lowest BCUT2D eigenvalue weighted by molar-refractivity contribution is -0.136. The molecule has 0 aliphatic heterocycles. The molecule has 98 valence electrons. The van der Waals surface area contributed by atoms with Crippen LogP contribution in [0.3, 0.4) is 0 Å². The van der Waals surface area contributed by atoms with Crippen LogP contribution in [0, 0.1) is 0 Å². The van der Waals surface area contributed by atoms with Gasteiger partial charge in [0.2, 0.25) is 0 Å². The first-order chi connectivity index (χ1) is 8.70. The number of ether oxygens (including phenoxy) is 1. The van der Waals surface area contributed by atoms with Crippen molar-refractivity contribution in [2.45, 2.75) is 33.1 Å². The van der Waals surface area contributed by atoms with Gasteiger partial charge in [0.25, 0.3) is 0 Å². The lowest BCUT2D eigenvalue weighted by atomic mass is 10.0. The fraction of sp³-hybridized carbons (Fsp3) is 0.400. The van der Waals surface area contributed by atoms with Crippen molar-refractivity contribution in [3.63, 3.8) is 0 Å². The van der Waals surface area contributed by atoms with Crippen LogP contribution < -0.4 is 0 Å². The predicted molar refractivity (Wildman–Crippen MR) is 75.4 cm³/mol. The minimum absolute atomic E-state index is 0.343. The van der Waals surface area contributed by atoms with Crippen LogP contribution in [-0.4, -0.2) is 12.6 Å². The zero-order valence-corrected chi connectivity index (χ0v) is 11.7. The molecule has 2 nitrogen and oxygen atoms in total. The first-order valence-electron chi connectivity index (χ1n) is 6.31. The second kappa shape index (κ2) is 7.93. The third kappa shape index (κ3) is 4.19. The molecular weight excluding hydrogens is 248 g/mol. The van der Waals surface area contributed by atoms with E-state index in [-0.39, 0.29) is 5.97 Å². The van der Waals surface area contributed by atoms with Gasteiger partial charge in [-0.2, -0.15) is 0 Å². The van der Waals surface area contributed by atoms with Gasteiger partial charge >= 0.3 is 5.97 Å². The Morgan fingerprint density at radius 2 is 1.89 bits per heavy atom. The van der Waals surface area contributed by atoms with E-state index in [1.165, 1.54) is 0 Å². The molecule has 0 saturated heterocycles. The van der Waals surface area contributed by atoms with Gasteiger partial charge in [-0.15, -0.1) is 0 Å². The number of carbonyl (C=O) groups excluding carboxylic acids is 1. The van der Waals surface area contributed by atoms with Crippen LogP contribution >= 0.6 is 11.6 Å². The number of esters is 1. The fourth-order valence-electron chi connectivity index (χ4n) is 1.65. The summed E-state index contributed by atoms with van der Waals surface area (Å²) in [7, 11) is 0. The summed E-state index contributed by atoms with van der Waals surface area (Å²) >= 11 is 6.27. The van der Waals surface area contributed by atoms with Crippen molar-refractivity contribution >= 4 is 23.1 Å². The van der Waals surface area contributed by atoms with Crippen LogP contribution in [0.25, 0.3) is 5.57 Å². The highest BCUT2D eigenvalue weighted by molar-refractivity contribution is 6.38. The standard InChI is InChI=1S/C15H19ClO2/c1-3-5-11-13(16)14(15(17)18-4-2)12-9-7-6-8-10-12/h6-10H,3-5,11H2,1-2H3/b14-13+. The summed E-state index contributed by atoms with van der Waals surface area (Å²) in [6.45, 7) is 4.24. The van der Waals surface area contributed by atoms with Crippen molar-refractivity contribution in [3.05, 3.63) is 40.9 Å². The molecule has 18 heavy (non-hydrogen) atoms. The van der Waals surface area contributed by atoms with E-state index in [1.54, 1.807) is 6.92 Å². The number of hydrogen-bond donors (Lipinski definition) is 0. The zero-order chi connectivity index (χ0) is 13.4. The van der Waals surface area contributed by atoms with Gasteiger partial charge in [-0.25, -0.2) is 4.79 Å². The molecule has 0 spiro atoms. The summed E-state index contributed by atoms with van der Waals surface area (Å²) in [5, 5.41) is 0.585. The highest BCUT2D eigenvalue weighted by atomic mass is 35.5. The molecule has 0 radical (unpaired) electrons. The summed E-state index contributed by atoms with van der Waals surface area (Å²) < 4.78 is 5.08. The van der Waals surface area contributed by atoms with Gasteiger partial charge < -0.3 is 4.74 Å². The number of allylic oxidation sites excluding steroid dienone is 1. The van der Waals surface area contributed by atoms with Crippen molar-refractivity contribution in [1.82, 2.24) is 0 Å². The molecule has 0 aromatic heterocycles. The summed E-state index contributed by atoms with van der Waals surface area (Å²) in [4.78, 5) is 12.0. The number of rotatable bonds is 6. The van der Waals surface area contributed by atoms with Gasteiger partial charge in [-0.3, -0.25) is 0 Å². The normalized spacial score (nSPS) is 11.9. The van der Waals surface area contributed by atoms with Crippen LogP contribution in [0.5, 0.6) is 0 Å². The van der Waals surface area contributed by atoms with E-state index in [0.29, 0.717) is 23.6 Å². The van der Waals surface area contributed by atoms with Gasteiger partial charge in [-0.05, 0) is 25.3 Å². The summed E-state index contributed by atoms with van der Waals surface area (Å²) in [5.74, 6) is -0.343. The second-order valence-corrected chi connectivity index (χ2v) is 4.43. The number of halogens is 1. The average molecular weight is 267 g/mol. The maximum atomic E-state index is 12.0. The lowest BCUT2D eigenvalue weighted by Crippen LogP contribution is -2.08. The molecule has 3 heteroatoms. The number of benzene rings is 1. The van der Waals surface area contributed by atoms with Gasteiger partial charge in [0.05, 0.1) is 12.2 Å². The molecule has 0 heterocycles. The Hall–Kier alpha value is -1.28. The summed E-state index contributed by atoms with van der Waals surface area (Å²) in [6, 6.07) is 9.43. The predicted octanol–water partition coefficient (Wildman–Crippen LogP) is 4.39. The molecule has 0 aliphatic carbocycles. The van der Waals surface area contributed by atoms with Crippen LogP contribution in [0.2, 0.25) is 0 Å². The van der Waals surface area contributed by atoms with E-state index in [4.69, 9.17) is 16.3 Å². The molecular formula is C15H19ClO2. The first-order valence-corrected chi connectivity index (χ1v) is 6.69. The van der Waals surface area contributed by atoms with Gasteiger partial charge in [-0.1, -0.05) is 55.3 Å².